The van der Waals surface area contributed by atoms with Gasteiger partial charge >= 0.3 is 0 Å². The summed E-state index contributed by atoms with van der Waals surface area (Å²) in [6.07, 6.45) is 4.92. The Morgan fingerprint density at radius 1 is 1.60 bits per heavy atom. The van der Waals surface area contributed by atoms with Crippen LogP contribution in [0.5, 0.6) is 0 Å². The number of carbonyl (C=O) groups is 1. The Labute approximate surface area is 95.9 Å². The molecule has 1 saturated carbocycles. The van der Waals surface area contributed by atoms with Gasteiger partial charge in [-0.1, -0.05) is 12.5 Å². The zero-order valence-electron chi connectivity index (χ0n) is 9.13. The number of carbonyl (C=O) groups excluding carboxylic acids is 1. The van der Waals surface area contributed by atoms with Crippen LogP contribution in [0.2, 0.25) is 0 Å². The molecule has 0 aromatic rings. The van der Waals surface area contributed by atoms with Crippen molar-refractivity contribution in [2.75, 3.05) is 24.6 Å². The number of thioether (sulfide) groups is 1. The van der Waals surface area contributed by atoms with E-state index in [4.69, 9.17) is 5.73 Å². The molecular formula is C11H20N2OS. The Kier molecular flexibility index (Phi) is 5.19. The van der Waals surface area contributed by atoms with E-state index in [0.717, 1.165) is 37.3 Å². The van der Waals surface area contributed by atoms with Crippen molar-refractivity contribution < 1.29 is 4.79 Å². The molecule has 1 fully saturated rings. The van der Waals surface area contributed by atoms with Gasteiger partial charge in [-0.05, 0) is 12.8 Å². The molecule has 0 radical (unpaired) electrons. The van der Waals surface area contributed by atoms with Crippen LogP contribution in [0.25, 0.3) is 0 Å². The van der Waals surface area contributed by atoms with Gasteiger partial charge < -0.3 is 11.1 Å². The van der Waals surface area contributed by atoms with Gasteiger partial charge in [0.2, 0.25) is 5.91 Å². The maximum absolute atomic E-state index is 11.8. The number of rotatable bonds is 7. The van der Waals surface area contributed by atoms with Crippen molar-refractivity contribution in [3.05, 3.63) is 12.7 Å². The second-order valence-corrected chi connectivity index (χ2v) is 5.11. The third-order valence-electron chi connectivity index (χ3n) is 2.95. The van der Waals surface area contributed by atoms with Crippen LogP contribution in [0.3, 0.4) is 0 Å². The van der Waals surface area contributed by atoms with Crippen LogP contribution in [0.1, 0.15) is 19.3 Å². The molecule has 1 aliphatic rings. The molecule has 0 spiro atoms. The van der Waals surface area contributed by atoms with Crippen molar-refractivity contribution in [3.8, 4) is 0 Å². The molecular weight excluding hydrogens is 208 g/mol. The third kappa shape index (κ3) is 3.24. The summed E-state index contributed by atoms with van der Waals surface area (Å²) in [5, 5.41) is 2.96. The van der Waals surface area contributed by atoms with E-state index in [9.17, 15) is 4.79 Å². The van der Waals surface area contributed by atoms with E-state index in [2.05, 4.69) is 11.9 Å². The fraction of sp³-hybridized carbons (Fsp3) is 0.727. The third-order valence-corrected chi connectivity index (χ3v) is 3.91. The van der Waals surface area contributed by atoms with E-state index in [1.54, 1.807) is 11.8 Å². The van der Waals surface area contributed by atoms with Crippen molar-refractivity contribution in [1.29, 1.82) is 0 Å². The SMILES string of the molecule is C=CCSCCNC(=O)C1(CN)CCC1. The molecule has 0 heterocycles. The van der Waals surface area contributed by atoms with Gasteiger partial charge in [-0.15, -0.1) is 6.58 Å². The first-order valence-corrected chi connectivity index (χ1v) is 6.58. The molecule has 0 bridgehead atoms. The van der Waals surface area contributed by atoms with E-state index in [-0.39, 0.29) is 11.3 Å². The van der Waals surface area contributed by atoms with Crippen LogP contribution in [0.4, 0.5) is 0 Å². The van der Waals surface area contributed by atoms with Crippen molar-refractivity contribution >= 4 is 17.7 Å². The summed E-state index contributed by atoms with van der Waals surface area (Å²) in [6, 6.07) is 0. The van der Waals surface area contributed by atoms with Gasteiger partial charge in [-0.3, -0.25) is 4.79 Å². The Morgan fingerprint density at radius 3 is 2.80 bits per heavy atom. The van der Waals surface area contributed by atoms with Crippen LogP contribution >= 0.6 is 11.8 Å². The predicted molar refractivity (Wildman–Crippen MR) is 65.9 cm³/mol. The van der Waals surface area contributed by atoms with Crippen LogP contribution in [-0.2, 0) is 4.79 Å². The summed E-state index contributed by atoms with van der Waals surface area (Å²) in [5.74, 6) is 2.03. The summed E-state index contributed by atoms with van der Waals surface area (Å²) in [4.78, 5) is 11.8. The number of nitrogens with two attached hydrogens (primary N) is 1. The van der Waals surface area contributed by atoms with Crippen molar-refractivity contribution in [3.63, 3.8) is 0 Å². The fourth-order valence-corrected chi connectivity index (χ4v) is 2.30. The van der Waals surface area contributed by atoms with Gasteiger partial charge in [0, 0.05) is 24.6 Å². The van der Waals surface area contributed by atoms with Crippen molar-refractivity contribution in [2.24, 2.45) is 11.1 Å². The molecule has 3 nitrogen and oxygen atoms in total. The lowest BCUT2D eigenvalue weighted by Gasteiger charge is -2.39. The fourth-order valence-electron chi connectivity index (χ4n) is 1.72. The first kappa shape index (κ1) is 12.6. The number of nitrogens with one attached hydrogen (secondary N) is 1. The smallest absolute Gasteiger partial charge is 0.227 e. The van der Waals surface area contributed by atoms with Crippen LogP contribution in [-0.4, -0.2) is 30.5 Å². The Morgan fingerprint density at radius 2 is 2.33 bits per heavy atom. The number of amides is 1. The lowest BCUT2D eigenvalue weighted by molar-refractivity contribution is -0.135. The Hall–Kier alpha value is -0.480. The lowest BCUT2D eigenvalue weighted by Crippen LogP contribution is -2.50. The zero-order chi connectivity index (χ0) is 11.1. The van der Waals surface area contributed by atoms with Crippen LogP contribution in [0, 0.1) is 5.41 Å². The van der Waals surface area contributed by atoms with Crippen LogP contribution < -0.4 is 11.1 Å². The highest BCUT2D eigenvalue weighted by Crippen LogP contribution is 2.39. The molecule has 0 saturated heterocycles. The minimum Gasteiger partial charge on any atom is -0.355 e. The first-order chi connectivity index (χ1) is 7.25. The van der Waals surface area contributed by atoms with Crippen molar-refractivity contribution in [1.82, 2.24) is 5.32 Å². The highest BCUT2D eigenvalue weighted by molar-refractivity contribution is 7.99. The van der Waals surface area contributed by atoms with E-state index in [1.807, 2.05) is 6.08 Å². The summed E-state index contributed by atoms with van der Waals surface area (Å²) in [7, 11) is 0. The van der Waals surface area contributed by atoms with E-state index in [0.29, 0.717) is 6.54 Å². The molecule has 1 rings (SSSR count). The molecule has 1 amide bonds. The Bertz CT molecular complexity index is 221. The average molecular weight is 228 g/mol. The normalized spacial score (nSPS) is 17.9. The lowest BCUT2D eigenvalue weighted by atomic mass is 9.68. The molecule has 1 aliphatic carbocycles. The summed E-state index contributed by atoms with van der Waals surface area (Å²) in [5.41, 5.74) is 5.41. The monoisotopic (exact) mass is 228 g/mol. The second-order valence-electron chi connectivity index (χ2n) is 3.96. The molecule has 0 aromatic carbocycles. The molecule has 3 N–H and O–H groups in total. The molecule has 0 unspecified atom stereocenters. The number of hydrogen-bond acceptors (Lipinski definition) is 3. The largest absolute Gasteiger partial charge is 0.355 e. The molecule has 4 heteroatoms. The highest BCUT2D eigenvalue weighted by atomic mass is 32.2. The van der Waals surface area contributed by atoms with Gasteiger partial charge in [0.1, 0.15) is 0 Å². The molecule has 0 aromatic heterocycles. The maximum atomic E-state index is 11.8. The summed E-state index contributed by atoms with van der Waals surface area (Å²) >= 11 is 1.78. The average Bonchev–Trinajstić information content (AvgIpc) is 2.17. The van der Waals surface area contributed by atoms with E-state index < -0.39 is 0 Å². The van der Waals surface area contributed by atoms with Gasteiger partial charge in [0.15, 0.2) is 0 Å². The van der Waals surface area contributed by atoms with Gasteiger partial charge in [-0.25, -0.2) is 0 Å². The Balaban J connectivity index is 2.15. The van der Waals surface area contributed by atoms with Crippen LogP contribution in [0.15, 0.2) is 12.7 Å². The quantitative estimate of drug-likeness (QED) is 0.508. The van der Waals surface area contributed by atoms with E-state index in [1.165, 1.54) is 0 Å². The first-order valence-electron chi connectivity index (χ1n) is 5.42. The minimum atomic E-state index is -0.233. The van der Waals surface area contributed by atoms with Gasteiger partial charge in [0.05, 0.1) is 5.41 Å². The summed E-state index contributed by atoms with van der Waals surface area (Å²) in [6.45, 7) is 4.86. The molecule has 86 valence electrons. The second kappa shape index (κ2) is 6.18. The highest BCUT2D eigenvalue weighted by Gasteiger charge is 2.42. The zero-order valence-corrected chi connectivity index (χ0v) is 9.94. The maximum Gasteiger partial charge on any atom is 0.227 e. The van der Waals surface area contributed by atoms with Gasteiger partial charge in [0.25, 0.3) is 0 Å². The topological polar surface area (TPSA) is 55.1 Å². The van der Waals surface area contributed by atoms with Gasteiger partial charge in [-0.2, -0.15) is 11.8 Å². The molecule has 15 heavy (non-hydrogen) atoms. The minimum absolute atomic E-state index is 0.149. The number of hydrogen-bond donors (Lipinski definition) is 2. The molecule has 0 aliphatic heterocycles. The van der Waals surface area contributed by atoms with Crippen molar-refractivity contribution in [2.45, 2.75) is 19.3 Å². The summed E-state index contributed by atoms with van der Waals surface area (Å²) < 4.78 is 0. The predicted octanol–water partition coefficient (Wildman–Crippen LogP) is 1.15. The van der Waals surface area contributed by atoms with E-state index >= 15 is 0 Å². The standard InChI is InChI=1S/C11H20N2OS/c1-2-7-15-8-6-13-10(14)11(9-12)4-3-5-11/h2H,1,3-9,12H2,(H,13,14). The molecule has 0 atom stereocenters.